The minimum Gasteiger partial charge on any atom is -0.483 e. The van der Waals surface area contributed by atoms with Gasteiger partial charge in [0.25, 0.3) is 23.6 Å². The largest absolute Gasteiger partial charge is 0.483 e. The zero-order valence-corrected chi connectivity index (χ0v) is 63.7. The molecule has 0 atom stereocenters. The molecule has 0 unspecified atom stereocenters. The standard InChI is InChI=1S/C92H100N4O8/c1-17-95(18-2)79(99)53-103-87-65-39-61-43-69(89(5,6)7)45-63(85(61)101-51-77(97)93-75-37-33-59-29-27-55-23-21-25-57-31-35-73(75)83(59)81(55)57)41-67-49-72(92(14,15)16)50-68(88(67)104-54-80(100)96(19-3)20-4)42-64-46-70(90(8,9)10)44-62(40-66(87)48-71(47-65)91(11,12)13)86(64)102-52-78(98)94-76-38-34-60-30-28-56-24-22-26-58-32-36-74(76)84(60)82(56)58/h21-38,43-50H,17-20,39-42,51-54H2,1-16H3,(H,93,97)(H,94,98). The van der Waals surface area contributed by atoms with E-state index in [0.717, 1.165) is 131 Å². The van der Waals surface area contributed by atoms with Gasteiger partial charge < -0.3 is 39.4 Å². The molecule has 0 fully saturated rings. The number of hydrogen-bond donors (Lipinski definition) is 2. The molecule has 12 nitrogen and oxygen atoms in total. The molecule has 8 bridgehead atoms. The van der Waals surface area contributed by atoms with Crippen molar-refractivity contribution in [2.45, 2.75) is 158 Å². The summed E-state index contributed by atoms with van der Waals surface area (Å²) in [6, 6.07) is 55.5. The summed E-state index contributed by atoms with van der Waals surface area (Å²) in [7, 11) is 0. The van der Waals surface area contributed by atoms with Gasteiger partial charge in [-0.15, -0.1) is 0 Å². The number of hydrogen-bond acceptors (Lipinski definition) is 8. The minimum absolute atomic E-state index is 0.144. The van der Waals surface area contributed by atoms with Gasteiger partial charge in [-0.05, 0) is 182 Å². The number of carbonyl (C=O) groups excluding carboxylic acids is 4. The van der Waals surface area contributed by atoms with Gasteiger partial charge in [0, 0.05) is 74.0 Å². The number of carbonyl (C=O) groups is 4. The molecule has 12 aromatic rings. The first-order chi connectivity index (χ1) is 49.5. The van der Waals surface area contributed by atoms with Gasteiger partial charge in [0.15, 0.2) is 26.4 Å². The van der Waals surface area contributed by atoms with Crippen LogP contribution in [-0.2, 0) is 66.5 Å². The summed E-state index contributed by atoms with van der Waals surface area (Å²) in [5.41, 5.74) is 10.5. The van der Waals surface area contributed by atoms with Crippen LogP contribution in [0.5, 0.6) is 23.0 Å². The summed E-state index contributed by atoms with van der Waals surface area (Å²) in [6.45, 7) is 35.4. The van der Waals surface area contributed by atoms with Crippen molar-refractivity contribution in [3.8, 4) is 23.0 Å². The Morgan fingerprint density at radius 1 is 0.317 bits per heavy atom. The molecule has 536 valence electrons. The predicted octanol–water partition coefficient (Wildman–Crippen LogP) is 19.9. The molecule has 2 N–H and O–H groups in total. The third kappa shape index (κ3) is 14.6. The number of nitrogens with one attached hydrogen (secondary N) is 2. The summed E-state index contributed by atoms with van der Waals surface area (Å²) in [5, 5.41) is 19.7. The minimum atomic E-state index is -0.390. The van der Waals surface area contributed by atoms with Crippen LogP contribution in [0, 0.1) is 0 Å². The summed E-state index contributed by atoms with van der Waals surface area (Å²) < 4.78 is 28.8. The summed E-state index contributed by atoms with van der Waals surface area (Å²) in [6.07, 6.45) is 1.07. The topological polar surface area (TPSA) is 136 Å². The van der Waals surface area contributed by atoms with E-state index >= 15 is 9.59 Å². The lowest BCUT2D eigenvalue weighted by atomic mass is 9.79. The molecule has 1 aliphatic rings. The van der Waals surface area contributed by atoms with Crippen LogP contribution in [0.1, 0.15) is 178 Å². The van der Waals surface area contributed by atoms with Crippen molar-refractivity contribution in [2.24, 2.45) is 0 Å². The monoisotopic (exact) mass is 1390 g/mol. The molecule has 104 heavy (non-hydrogen) atoms. The Morgan fingerprint density at radius 3 is 0.798 bits per heavy atom. The molecule has 13 rings (SSSR count). The zero-order chi connectivity index (χ0) is 73.9. The molecule has 12 aromatic carbocycles. The van der Waals surface area contributed by atoms with Gasteiger partial charge in [0.1, 0.15) is 23.0 Å². The van der Waals surface area contributed by atoms with Crippen LogP contribution in [0.15, 0.2) is 158 Å². The smallest absolute Gasteiger partial charge is 0.262 e. The molecule has 0 radical (unpaired) electrons. The number of fused-ring (bicyclic) bond motifs is 8. The Kier molecular flexibility index (Phi) is 19.7. The van der Waals surface area contributed by atoms with Crippen molar-refractivity contribution in [1.82, 2.24) is 9.80 Å². The van der Waals surface area contributed by atoms with E-state index < -0.39 is 10.8 Å². The van der Waals surface area contributed by atoms with Gasteiger partial charge in [0.2, 0.25) is 0 Å². The second-order valence-corrected chi connectivity index (χ2v) is 32.5. The first kappa shape index (κ1) is 72.2. The van der Waals surface area contributed by atoms with E-state index in [9.17, 15) is 9.59 Å². The predicted molar refractivity (Wildman–Crippen MR) is 427 cm³/mol. The molecule has 0 saturated heterocycles. The number of anilines is 2. The molecular weight excluding hydrogens is 1290 g/mol. The first-order valence-electron chi connectivity index (χ1n) is 37.1. The van der Waals surface area contributed by atoms with E-state index in [0.29, 0.717) is 60.6 Å². The van der Waals surface area contributed by atoms with Crippen molar-refractivity contribution in [1.29, 1.82) is 0 Å². The van der Waals surface area contributed by atoms with Crippen LogP contribution < -0.4 is 29.6 Å². The maximum atomic E-state index is 15.0. The third-order valence-corrected chi connectivity index (χ3v) is 21.2. The van der Waals surface area contributed by atoms with Crippen molar-refractivity contribution in [3.63, 3.8) is 0 Å². The quantitative estimate of drug-likeness (QED) is 0.0811. The number of ether oxygens (including phenoxy) is 4. The van der Waals surface area contributed by atoms with Gasteiger partial charge in [-0.2, -0.15) is 0 Å². The Hall–Kier alpha value is -10.2. The van der Waals surface area contributed by atoms with Gasteiger partial charge in [-0.1, -0.05) is 229 Å². The highest BCUT2D eigenvalue weighted by Crippen LogP contribution is 2.46. The summed E-state index contributed by atoms with van der Waals surface area (Å²) in [4.78, 5) is 62.5. The van der Waals surface area contributed by atoms with Crippen LogP contribution >= 0.6 is 0 Å². The summed E-state index contributed by atoms with van der Waals surface area (Å²) >= 11 is 0. The van der Waals surface area contributed by atoms with Crippen molar-refractivity contribution in [3.05, 3.63) is 224 Å². The van der Waals surface area contributed by atoms with Gasteiger partial charge in [-0.3, -0.25) is 19.2 Å². The summed E-state index contributed by atoms with van der Waals surface area (Å²) in [5.74, 6) is 1.24. The maximum Gasteiger partial charge on any atom is 0.262 e. The number of benzene rings is 12. The zero-order valence-electron chi connectivity index (χ0n) is 63.7. The normalized spacial score (nSPS) is 12.9. The lowest BCUT2D eigenvalue weighted by Crippen LogP contribution is -2.34. The van der Waals surface area contributed by atoms with Crippen LogP contribution in [0.2, 0.25) is 0 Å². The molecular formula is C92H100N4O8. The Balaban J connectivity index is 1.02. The number of nitrogens with zero attached hydrogens (tertiary/aromatic N) is 2. The van der Waals surface area contributed by atoms with E-state index in [2.05, 4.69) is 239 Å². The highest BCUT2D eigenvalue weighted by atomic mass is 16.5. The fraction of sp³-hybridized carbons (Fsp3) is 0.348. The third-order valence-electron chi connectivity index (χ3n) is 21.2. The molecule has 12 heteroatoms. The van der Waals surface area contributed by atoms with Crippen LogP contribution in [0.4, 0.5) is 11.4 Å². The highest BCUT2D eigenvalue weighted by Gasteiger charge is 2.32. The SMILES string of the molecule is CCN(CC)C(=O)COc1c2cc(C(C)(C)C)cc1Cc1cc(C(C)(C)C)cc(c1OCC(=O)Nc1ccc3ccc4cccc5ccc1c3c45)Cc1cc(C(C)(C)C)cc(c1OCC(=O)N(CC)CC)Cc1cc(C(C)(C)C)cc(c1OCC(=O)Nc1ccc3ccc4cccc5ccc1c3c45)C2. The van der Waals surface area contributed by atoms with E-state index in [-0.39, 0.29) is 86.6 Å². The number of amides is 4. The number of rotatable bonds is 18. The fourth-order valence-electron chi connectivity index (χ4n) is 15.3. The lowest BCUT2D eigenvalue weighted by Gasteiger charge is -2.29. The fourth-order valence-corrected chi connectivity index (χ4v) is 15.3. The van der Waals surface area contributed by atoms with Gasteiger partial charge in [0.05, 0.1) is 0 Å². The van der Waals surface area contributed by atoms with Crippen LogP contribution in [0.3, 0.4) is 0 Å². The average molecular weight is 1390 g/mol. The van der Waals surface area contributed by atoms with E-state index in [1.54, 1.807) is 9.80 Å². The average Bonchev–Trinajstić information content (AvgIpc) is 0.740. The lowest BCUT2D eigenvalue weighted by molar-refractivity contribution is -0.133. The Morgan fingerprint density at radius 2 is 0.548 bits per heavy atom. The van der Waals surface area contributed by atoms with Crippen molar-refractivity contribution >= 4 is 99.6 Å². The van der Waals surface area contributed by atoms with E-state index in [1.807, 2.05) is 39.8 Å². The molecule has 0 spiro atoms. The molecule has 0 saturated carbocycles. The van der Waals surface area contributed by atoms with Crippen LogP contribution in [0.25, 0.3) is 64.6 Å². The highest BCUT2D eigenvalue weighted by molar-refractivity contribution is 6.27. The molecule has 0 aliphatic heterocycles. The van der Waals surface area contributed by atoms with Gasteiger partial charge in [-0.25, -0.2) is 0 Å². The van der Waals surface area contributed by atoms with E-state index in [4.69, 9.17) is 18.9 Å². The van der Waals surface area contributed by atoms with Crippen molar-refractivity contribution < 1.29 is 38.1 Å². The molecule has 1 aliphatic carbocycles. The molecule has 0 heterocycles. The second-order valence-electron chi connectivity index (χ2n) is 32.5. The Bertz CT molecular complexity index is 4840. The Labute approximate surface area is 613 Å². The molecule has 0 aromatic heterocycles. The van der Waals surface area contributed by atoms with Crippen molar-refractivity contribution in [2.75, 3.05) is 63.2 Å². The first-order valence-corrected chi connectivity index (χ1v) is 37.1. The van der Waals surface area contributed by atoms with Gasteiger partial charge >= 0.3 is 0 Å². The molecule has 4 amide bonds. The second kappa shape index (κ2) is 28.4. The maximum absolute atomic E-state index is 15.0. The van der Waals surface area contributed by atoms with E-state index in [1.165, 1.54) is 0 Å². The number of likely N-dealkylation sites (N-methyl/N-ethyl adjacent to an activating group) is 2. The van der Waals surface area contributed by atoms with Crippen LogP contribution in [-0.4, -0.2) is 86.0 Å².